The van der Waals surface area contributed by atoms with Gasteiger partial charge in [-0.3, -0.25) is 0 Å². The van der Waals surface area contributed by atoms with Gasteiger partial charge >= 0.3 is 0 Å². The second kappa shape index (κ2) is 7.65. The van der Waals surface area contributed by atoms with Crippen molar-refractivity contribution in [3.63, 3.8) is 0 Å². The average molecular weight is 481 g/mol. The van der Waals surface area contributed by atoms with Gasteiger partial charge in [-0.1, -0.05) is 60.7 Å². The van der Waals surface area contributed by atoms with E-state index >= 15 is 0 Å². The summed E-state index contributed by atoms with van der Waals surface area (Å²) in [7, 11) is 0. The molecular weight excluding hydrogens is 456 g/mol. The molecule has 5 aromatic carbocycles. The Morgan fingerprint density at radius 3 is 2.03 bits per heavy atom. The first kappa shape index (κ1) is 20.5. The van der Waals surface area contributed by atoms with Crippen molar-refractivity contribution in [3.8, 4) is 11.5 Å². The summed E-state index contributed by atoms with van der Waals surface area (Å²) in [6.07, 6.45) is 0. The lowest BCUT2D eigenvalue weighted by atomic mass is 9.75. The number of hydrogen-bond acceptors (Lipinski definition) is 4. The van der Waals surface area contributed by atoms with Gasteiger partial charge in [0.15, 0.2) is 11.5 Å². The number of ether oxygens (including phenoxy) is 2. The van der Waals surface area contributed by atoms with Crippen LogP contribution in [-0.4, -0.2) is 6.79 Å². The van der Waals surface area contributed by atoms with Gasteiger partial charge in [0.2, 0.25) is 6.79 Å². The van der Waals surface area contributed by atoms with Crippen LogP contribution >= 0.6 is 0 Å². The Bertz CT molecular complexity index is 1680. The van der Waals surface area contributed by atoms with Crippen molar-refractivity contribution in [2.75, 3.05) is 16.6 Å². The lowest BCUT2D eigenvalue weighted by Crippen LogP contribution is -2.29. The van der Waals surface area contributed by atoms with Gasteiger partial charge in [-0.2, -0.15) is 0 Å². The largest absolute Gasteiger partial charge is 0.454 e. The van der Waals surface area contributed by atoms with Crippen LogP contribution in [0.25, 0.3) is 0 Å². The van der Waals surface area contributed by atoms with E-state index in [0.717, 1.165) is 28.6 Å². The molecule has 1 atom stereocenters. The monoisotopic (exact) mass is 480 g/mol. The molecule has 4 heteroatoms. The zero-order valence-electron chi connectivity index (χ0n) is 20.4. The Hall–Kier alpha value is -4.70. The molecule has 8 rings (SSSR count). The topological polar surface area (TPSA) is 24.9 Å². The van der Waals surface area contributed by atoms with Crippen LogP contribution in [0.1, 0.15) is 28.2 Å². The van der Waals surface area contributed by atoms with E-state index in [0.29, 0.717) is 0 Å². The molecule has 0 radical (unpaired) electrons. The SMILES string of the molecule is Cc1cc2c3c(c1)N(c1ccccc1)c1c(ccc4c1OCO4)C3c1ccccc1N2c1ccccc1. The van der Waals surface area contributed by atoms with E-state index in [1.165, 1.54) is 39.3 Å². The maximum absolute atomic E-state index is 6.14. The molecule has 0 saturated carbocycles. The van der Waals surface area contributed by atoms with Gasteiger partial charge in [0, 0.05) is 22.9 Å². The maximum Gasteiger partial charge on any atom is 0.231 e. The molecule has 178 valence electrons. The highest BCUT2D eigenvalue weighted by Crippen LogP contribution is 2.63. The Morgan fingerprint density at radius 2 is 1.27 bits per heavy atom. The molecule has 0 aromatic heterocycles. The van der Waals surface area contributed by atoms with Crippen LogP contribution in [0.3, 0.4) is 0 Å². The Kier molecular flexibility index (Phi) is 4.23. The Balaban J connectivity index is 1.51. The normalized spacial score (nSPS) is 16.2. The molecule has 0 N–H and O–H groups in total. The standard InChI is InChI=1S/C33H24N2O2/c1-21-18-27-31-28(19-21)35(23-12-6-3-7-13-23)32-25(16-17-29-33(32)37-20-36-29)30(31)24-14-8-9-15-26(24)34(27)22-10-4-2-5-11-22/h2-19,30H,20H2,1H3. The van der Waals surface area contributed by atoms with E-state index in [-0.39, 0.29) is 12.7 Å². The van der Waals surface area contributed by atoms with Gasteiger partial charge in [0.25, 0.3) is 0 Å². The molecular formula is C33H24N2O2. The van der Waals surface area contributed by atoms with Crippen LogP contribution in [0.5, 0.6) is 11.5 Å². The summed E-state index contributed by atoms with van der Waals surface area (Å²) in [5.74, 6) is 1.69. The zero-order chi connectivity index (χ0) is 24.5. The van der Waals surface area contributed by atoms with E-state index in [1.807, 2.05) is 0 Å². The van der Waals surface area contributed by atoms with Crippen LogP contribution in [0, 0.1) is 6.92 Å². The fraction of sp³-hybridized carbons (Fsp3) is 0.0909. The summed E-state index contributed by atoms with van der Waals surface area (Å²) in [5.41, 5.74) is 12.0. The number of rotatable bonds is 2. The molecule has 3 aliphatic rings. The van der Waals surface area contributed by atoms with Gasteiger partial charge in [-0.15, -0.1) is 0 Å². The molecule has 37 heavy (non-hydrogen) atoms. The predicted molar refractivity (Wildman–Crippen MR) is 148 cm³/mol. The number of fused-ring (bicyclic) bond motifs is 6. The number of anilines is 6. The molecule has 0 amide bonds. The van der Waals surface area contributed by atoms with Crippen molar-refractivity contribution in [1.82, 2.24) is 0 Å². The van der Waals surface area contributed by atoms with Crippen LogP contribution in [-0.2, 0) is 0 Å². The van der Waals surface area contributed by atoms with Crippen LogP contribution < -0.4 is 19.3 Å². The van der Waals surface area contributed by atoms with Crippen molar-refractivity contribution in [2.24, 2.45) is 0 Å². The third-order valence-electron chi connectivity index (χ3n) is 7.65. The van der Waals surface area contributed by atoms with Gasteiger partial charge < -0.3 is 19.3 Å². The van der Waals surface area contributed by atoms with Crippen LogP contribution in [0.15, 0.2) is 109 Å². The molecule has 1 unspecified atom stereocenters. The van der Waals surface area contributed by atoms with Gasteiger partial charge in [-0.05, 0) is 72.1 Å². The zero-order valence-corrected chi connectivity index (χ0v) is 20.4. The van der Waals surface area contributed by atoms with E-state index in [4.69, 9.17) is 9.47 Å². The van der Waals surface area contributed by atoms with E-state index in [9.17, 15) is 0 Å². The number of para-hydroxylation sites is 3. The minimum Gasteiger partial charge on any atom is -0.454 e. The Morgan fingerprint density at radius 1 is 0.622 bits per heavy atom. The molecule has 0 fully saturated rings. The number of benzene rings is 5. The maximum atomic E-state index is 6.14. The summed E-state index contributed by atoms with van der Waals surface area (Å²) >= 11 is 0. The molecule has 3 heterocycles. The molecule has 0 spiro atoms. The van der Waals surface area contributed by atoms with Crippen LogP contribution in [0.2, 0.25) is 0 Å². The van der Waals surface area contributed by atoms with Gasteiger partial charge in [-0.25, -0.2) is 0 Å². The quantitative estimate of drug-likeness (QED) is 0.248. The second-order valence-electron chi connectivity index (χ2n) is 9.79. The van der Waals surface area contributed by atoms with Crippen molar-refractivity contribution in [2.45, 2.75) is 12.8 Å². The van der Waals surface area contributed by atoms with Crippen molar-refractivity contribution in [1.29, 1.82) is 0 Å². The third-order valence-corrected chi connectivity index (χ3v) is 7.65. The minimum atomic E-state index is 0.0752. The number of hydrogen-bond donors (Lipinski definition) is 0. The molecule has 4 nitrogen and oxygen atoms in total. The first-order valence-corrected chi connectivity index (χ1v) is 12.7. The number of aryl methyl sites for hydroxylation is 1. The molecule has 0 aliphatic carbocycles. The molecule has 5 aromatic rings. The molecule has 0 bridgehead atoms. The Labute approximate surface area is 215 Å². The summed E-state index contributed by atoms with van der Waals surface area (Å²) in [6, 6.07) is 39.0. The minimum absolute atomic E-state index is 0.0752. The van der Waals surface area contributed by atoms with Gasteiger partial charge in [0.1, 0.15) is 0 Å². The fourth-order valence-electron chi connectivity index (χ4n) is 6.23. The summed E-state index contributed by atoms with van der Waals surface area (Å²) < 4.78 is 12.0. The highest BCUT2D eigenvalue weighted by Gasteiger charge is 2.43. The molecule has 0 saturated heterocycles. The van der Waals surface area contributed by atoms with Crippen LogP contribution in [0.4, 0.5) is 34.1 Å². The van der Waals surface area contributed by atoms with Gasteiger partial charge in [0.05, 0.1) is 22.7 Å². The van der Waals surface area contributed by atoms with Crippen molar-refractivity contribution >= 4 is 34.1 Å². The third kappa shape index (κ3) is 2.84. The van der Waals surface area contributed by atoms with E-state index in [1.54, 1.807) is 0 Å². The predicted octanol–water partition coefficient (Wildman–Crippen LogP) is 8.47. The lowest BCUT2D eigenvalue weighted by Gasteiger charge is -2.45. The summed E-state index contributed by atoms with van der Waals surface area (Å²) in [6.45, 7) is 2.42. The lowest BCUT2D eigenvalue weighted by molar-refractivity contribution is 0.174. The highest BCUT2D eigenvalue weighted by molar-refractivity contribution is 5.98. The smallest absolute Gasteiger partial charge is 0.231 e. The first-order valence-electron chi connectivity index (χ1n) is 12.7. The highest BCUT2D eigenvalue weighted by atomic mass is 16.7. The molecule has 3 aliphatic heterocycles. The summed E-state index contributed by atoms with van der Waals surface area (Å²) in [4.78, 5) is 4.78. The first-order chi connectivity index (χ1) is 18.3. The van der Waals surface area contributed by atoms with Crippen molar-refractivity contribution in [3.05, 3.63) is 131 Å². The summed E-state index contributed by atoms with van der Waals surface area (Å²) in [5, 5.41) is 0. The van der Waals surface area contributed by atoms with Crippen molar-refractivity contribution < 1.29 is 9.47 Å². The number of nitrogens with zero attached hydrogens (tertiary/aromatic N) is 2. The average Bonchev–Trinajstić information content (AvgIpc) is 3.43. The fourth-order valence-corrected chi connectivity index (χ4v) is 6.23. The van der Waals surface area contributed by atoms with E-state index in [2.05, 4.69) is 126 Å². The van der Waals surface area contributed by atoms with E-state index < -0.39 is 0 Å². The second-order valence-corrected chi connectivity index (χ2v) is 9.79.